The highest BCUT2D eigenvalue weighted by Gasteiger charge is 2.08. The van der Waals surface area contributed by atoms with Gasteiger partial charge in [-0.1, -0.05) is 42.8 Å². The third-order valence-electron chi connectivity index (χ3n) is 4.56. The van der Waals surface area contributed by atoms with E-state index in [1.807, 2.05) is 25.1 Å². The zero-order chi connectivity index (χ0) is 21.2. The third-order valence-corrected chi connectivity index (χ3v) is 4.56. The molecule has 0 aliphatic carbocycles. The van der Waals surface area contributed by atoms with Crippen molar-refractivity contribution in [2.45, 2.75) is 40.2 Å². The van der Waals surface area contributed by atoms with Crippen molar-refractivity contribution >= 4 is 41.5 Å². The van der Waals surface area contributed by atoms with E-state index in [1.54, 1.807) is 7.11 Å². The summed E-state index contributed by atoms with van der Waals surface area (Å²) in [7, 11) is 1.58. The maximum atomic E-state index is 11.4. The molecule has 0 saturated heterocycles. The van der Waals surface area contributed by atoms with Crippen LogP contribution in [0.3, 0.4) is 0 Å². The molecule has 2 aromatic carbocycles. The lowest BCUT2D eigenvalue weighted by Crippen LogP contribution is -2.39. The summed E-state index contributed by atoms with van der Waals surface area (Å²) in [4.78, 5) is 16.1. The van der Waals surface area contributed by atoms with Crippen molar-refractivity contribution in [2.24, 2.45) is 4.99 Å². The summed E-state index contributed by atoms with van der Waals surface area (Å²) < 4.78 is 5.30. The molecule has 0 aliphatic rings. The number of nitrogens with zero attached hydrogens (tertiary/aromatic N) is 1. The Balaban J connectivity index is 0.00000450. The zero-order valence-corrected chi connectivity index (χ0v) is 20.7. The molecule has 164 valence electrons. The quantitative estimate of drug-likeness (QED) is 0.271. The second kappa shape index (κ2) is 13.1. The summed E-state index contributed by atoms with van der Waals surface area (Å²) in [5.74, 6) is 1.63. The standard InChI is InChI=1S/C23H32N4O2.HI/c1-6-24-23(25-14-17(3)20-10-7-16(2)8-11-20)26-15-19-9-12-22(29-5)21(13-19)27-18(4)28;/h7-13,17H,6,14-15H2,1-5H3,(H,27,28)(H2,24,25,26);1H. The van der Waals surface area contributed by atoms with Gasteiger partial charge in [0.15, 0.2) is 5.96 Å². The van der Waals surface area contributed by atoms with Crippen LogP contribution in [0.2, 0.25) is 0 Å². The van der Waals surface area contributed by atoms with Gasteiger partial charge in [0.1, 0.15) is 5.75 Å². The minimum absolute atomic E-state index is 0. The maximum Gasteiger partial charge on any atom is 0.221 e. The highest BCUT2D eigenvalue weighted by molar-refractivity contribution is 14.0. The molecule has 2 aromatic rings. The summed E-state index contributed by atoms with van der Waals surface area (Å²) >= 11 is 0. The van der Waals surface area contributed by atoms with Gasteiger partial charge in [-0.25, -0.2) is 4.99 Å². The molecule has 6 nitrogen and oxygen atoms in total. The highest BCUT2D eigenvalue weighted by atomic mass is 127. The van der Waals surface area contributed by atoms with E-state index in [2.05, 4.69) is 59.1 Å². The van der Waals surface area contributed by atoms with Gasteiger partial charge in [-0.3, -0.25) is 4.79 Å². The average Bonchev–Trinajstić information content (AvgIpc) is 2.70. The summed E-state index contributed by atoms with van der Waals surface area (Å²) in [5.41, 5.74) is 4.20. The maximum absolute atomic E-state index is 11.4. The molecule has 1 amide bonds. The second-order valence-corrected chi connectivity index (χ2v) is 7.10. The number of hydrogen-bond donors (Lipinski definition) is 3. The predicted molar refractivity (Wildman–Crippen MR) is 135 cm³/mol. The number of rotatable bonds is 8. The number of ether oxygens (including phenoxy) is 1. The first-order chi connectivity index (χ1) is 13.9. The molecule has 2 rings (SSSR count). The van der Waals surface area contributed by atoms with E-state index < -0.39 is 0 Å². The van der Waals surface area contributed by atoms with E-state index in [-0.39, 0.29) is 29.9 Å². The van der Waals surface area contributed by atoms with Gasteiger partial charge in [-0.2, -0.15) is 0 Å². The molecule has 0 heterocycles. The number of aryl methyl sites for hydroxylation is 1. The van der Waals surface area contributed by atoms with Crippen molar-refractivity contribution in [3.8, 4) is 5.75 Å². The molecule has 7 heteroatoms. The van der Waals surface area contributed by atoms with Crippen molar-refractivity contribution in [2.75, 3.05) is 25.5 Å². The molecule has 1 unspecified atom stereocenters. The Labute approximate surface area is 196 Å². The predicted octanol–water partition coefficient (Wildman–Crippen LogP) is 4.44. The van der Waals surface area contributed by atoms with Gasteiger partial charge in [0, 0.05) is 20.0 Å². The zero-order valence-electron chi connectivity index (χ0n) is 18.4. The van der Waals surface area contributed by atoms with Crippen LogP contribution in [0.1, 0.15) is 43.4 Å². The summed E-state index contributed by atoms with van der Waals surface area (Å²) in [6.07, 6.45) is 0. The van der Waals surface area contributed by atoms with Crippen molar-refractivity contribution in [1.82, 2.24) is 10.6 Å². The number of guanidine groups is 1. The number of anilines is 1. The lowest BCUT2D eigenvalue weighted by Gasteiger charge is -2.16. The number of carbonyl (C=O) groups is 1. The smallest absolute Gasteiger partial charge is 0.221 e. The van der Waals surface area contributed by atoms with Crippen LogP contribution < -0.4 is 20.7 Å². The molecule has 0 bridgehead atoms. The van der Waals surface area contributed by atoms with Gasteiger partial charge in [-0.15, -0.1) is 24.0 Å². The van der Waals surface area contributed by atoms with Crippen molar-refractivity contribution in [3.63, 3.8) is 0 Å². The number of benzene rings is 2. The monoisotopic (exact) mass is 524 g/mol. The van der Waals surface area contributed by atoms with Crippen molar-refractivity contribution in [3.05, 3.63) is 59.2 Å². The minimum Gasteiger partial charge on any atom is -0.495 e. The van der Waals surface area contributed by atoms with E-state index in [1.165, 1.54) is 18.1 Å². The topological polar surface area (TPSA) is 74.8 Å². The molecule has 0 saturated carbocycles. The van der Waals surface area contributed by atoms with Crippen LogP contribution in [0.15, 0.2) is 47.5 Å². The van der Waals surface area contributed by atoms with Crippen LogP contribution >= 0.6 is 24.0 Å². The van der Waals surface area contributed by atoms with Crippen molar-refractivity contribution < 1.29 is 9.53 Å². The fourth-order valence-corrected chi connectivity index (χ4v) is 2.92. The summed E-state index contributed by atoms with van der Waals surface area (Å²) in [5, 5.41) is 9.50. The highest BCUT2D eigenvalue weighted by Crippen LogP contribution is 2.25. The number of carbonyl (C=O) groups excluding carboxylic acids is 1. The average molecular weight is 524 g/mol. The first kappa shape index (κ1) is 25.7. The van der Waals surface area contributed by atoms with Crippen LogP contribution in [-0.2, 0) is 11.3 Å². The van der Waals surface area contributed by atoms with Gasteiger partial charge in [0.2, 0.25) is 5.91 Å². The molecular formula is C23H33IN4O2. The fourth-order valence-electron chi connectivity index (χ4n) is 2.92. The Hall–Kier alpha value is -2.29. The first-order valence-corrected chi connectivity index (χ1v) is 9.96. The van der Waals surface area contributed by atoms with Crippen LogP contribution in [-0.4, -0.2) is 32.1 Å². The van der Waals surface area contributed by atoms with Crippen LogP contribution in [0.4, 0.5) is 5.69 Å². The largest absolute Gasteiger partial charge is 0.495 e. The molecule has 0 aromatic heterocycles. The Morgan fingerprint density at radius 3 is 2.43 bits per heavy atom. The number of halogens is 1. The number of amides is 1. The summed E-state index contributed by atoms with van der Waals surface area (Å²) in [6.45, 7) is 9.88. The second-order valence-electron chi connectivity index (χ2n) is 7.10. The number of nitrogens with one attached hydrogen (secondary N) is 3. The molecular weight excluding hydrogens is 491 g/mol. The van der Waals surface area contributed by atoms with Gasteiger partial charge in [0.25, 0.3) is 0 Å². The van der Waals surface area contributed by atoms with Gasteiger partial charge in [0.05, 0.1) is 19.3 Å². The third kappa shape index (κ3) is 8.22. The molecule has 30 heavy (non-hydrogen) atoms. The number of methoxy groups -OCH3 is 1. The fraction of sp³-hybridized carbons (Fsp3) is 0.391. The van der Waals surface area contributed by atoms with E-state index in [9.17, 15) is 4.79 Å². The molecule has 3 N–H and O–H groups in total. The van der Waals surface area contributed by atoms with Gasteiger partial charge in [-0.05, 0) is 43.0 Å². The molecule has 0 spiro atoms. The number of hydrogen-bond acceptors (Lipinski definition) is 3. The first-order valence-electron chi connectivity index (χ1n) is 9.96. The minimum atomic E-state index is -0.135. The Morgan fingerprint density at radius 2 is 1.83 bits per heavy atom. The summed E-state index contributed by atoms with van der Waals surface area (Å²) in [6, 6.07) is 14.3. The van der Waals surface area contributed by atoms with Crippen molar-refractivity contribution in [1.29, 1.82) is 0 Å². The van der Waals surface area contributed by atoms with E-state index >= 15 is 0 Å². The Bertz CT molecular complexity index is 838. The van der Waals surface area contributed by atoms with Gasteiger partial charge >= 0.3 is 0 Å². The lowest BCUT2D eigenvalue weighted by molar-refractivity contribution is -0.114. The van der Waals surface area contributed by atoms with E-state index in [0.717, 1.165) is 24.6 Å². The van der Waals surface area contributed by atoms with E-state index in [4.69, 9.17) is 4.74 Å². The molecule has 0 fully saturated rings. The molecule has 0 radical (unpaired) electrons. The van der Waals surface area contributed by atoms with Gasteiger partial charge < -0.3 is 20.7 Å². The lowest BCUT2D eigenvalue weighted by atomic mass is 10.0. The van der Waals surface area contributed by atoms with Crippen LogP contribution in [0.25, 0.3) is 0 Å². The van der Waals surface area contributed by atoms with Crippen LogP contribution in [0.5, 0.6) is 5.75 Å². The van der Waals surface area contributed by atoms with E-state index in [0.29, 0.717) is 23.9 Å². The SMILES string of the molecule is CCNC(=NCc1ccc(OC)c(NC(C)=O)c1)NCC(C)c1ccc(C)cc1.I. The van der Waals surface area contributed by atoms with Crippen LogP contribution in [0, 0.1) is 6.92 Å². The molecule has 0 aliphatic heterocycles. The Morgan fingerprint density at radius 1 is 1.13 bits per heavy atom. The Kier molecular flexibility index (Phi) is 11.2. The number of aliphatic imine (C=N–C) groups is 1. The molecule has 1 atom stereocenters. The normalized spacial score (nSPS) is 11.8.